The number of ether oxygens (including phenoxy) is 2. The Balaban J connectivity index is 1.69. The van der Waals surface area contributed by atoms with Crippen molar-refractivity contribution in [3.8, 4) is 28.5 Å². The van der Waals surface area contributed by atoms with E-state index in [-0.39, 0.29) is 29.1 Å². The number of benzene rings is 2. The first-order valence-electron chi connectivity index (χ1n) is 18.1. The molecule has 4 heterocycles. The lowest BCUT2D eigenvalue weighted by Crippen LogP contribution is -2.50. The molecule has 0 amide bonds. The van der Waals surface area contributed by atoms with Crippen LogP contribution >= 0.6 is 11.8 Å². The molecule has 1 unspecified atom stereocenters. The van der Waals surface area contributed by atoms with Crippen molar-refractivity contribution in [2.75, 3.05) is 31.1 Å². The summed E-state index contributed by atoms with van der Waals surface area (Å²) < 4.78 is 44.8. The van der Waals surface area contributed by atoms with Gasteiger partial charge < -0.3 is 14.4 Å². The van der Waals surface area contributed by atoms with E-state index in [0.29, 0.717) is 55.7 Å². The molecular formula is C40H50F2N4O2SSi. The summed E-state index contributed by atoms with van der Waals surface area (Å²) in [7, 11) is -0.681. The summed E-state index contributed by atoms with van der Waals surface area (Å²) in [6.45, 7) is 18.6. The van der Waals surface area contributed by atoms with Crippen molar-refractivity contribution in [3.05, 3.63) is 47.2 Å². The molecule has 0 spiro atoms. The van der Waals surface area contributed by atoms with Gasteiger partial charge in [-0.15, -0.1) is 5.54 Å². The smallest absolute Gasteiger partial charge is 0.190 e. The quantitative estimate of drug-likeness (QED) is 0.0562. The summed E-state index contributed by atoms with van der Waals surface area (Å²) in [4.78, 5) is 17.4. The van der Waals surface area contributed by atoms with E-state index in [1.54, 1.807) is 19.2 Å². The third kappa shape index (κ3) is 6.28. The number of nitrogens with zero attached hydrogens (tertiary/aromatic N) is 4. The van der Waals surface area contributed by atoms with Crippen LogP contribution in [0.1, 0.15) is 92.3 Å². The topological polar surface area (TPSA) is 60.4 Å². The Labute approximate surface area is 301 Å². The zero-order valence-corrected chi connectivity index (χ0v) is 32.8. The number of anilines is 1. The van der Waals surface area contributed by atoms with E-state index in [4.69, 9.17) is 24.4 Å². The minimum Gasteiger partial charge on any atom is -0.468 e. The van der Waals surface area contributed by atoms with Gasteiger partial charge in [0.15, 0.2) is 17.8 Å². The van der Waals surface area contributed by atoms with E-state index >= 15 is 8.78 Å². The van der Waals surface area contributed by atoms with Crippen LogP contribution < -0.4 is 9.64 Å². The maximum atomic E-state index is 17.4. The lowest BCUT2D eigenvalue weighted by Gasteiger charge is -2.45. The van der Waals surface area contributed by atoms with Gasteiger partial charge in [-0.25, -0.2) is 23.7 Å². The highest BCUT2D eigenvalue weighted by molar-refractivity contribution is 7.99. The third-order valence-electron chi connectivity index (χ3n) is 11.2. The largest absolute Gasteiger partial charge is 0.468 e. The number of hydrogen-bond acceptors (Lipinski definition) is 7. The molecule has 0 radical (unpaired) electrons. The number of pyridine rings is 1. The summed E-state index contributed by atoms with van der Waals surface area (Å²) in [5.74, 6) is 4.39. The van der Waals surface area contributed by atoms with E-state index < -0.39 is 19.7 Å². The first kappa shape index (κ1) is 36.5. The number of rotatable bonds is 9. The maximum Gasteiger partial charge on any atom is 0.190 e. The van der Waals surface area contributed by atoms with Gasteiger partial charge in [0, 0.05) is 30.1 Å². The van der Waals surface area contributed by atoms with Crippen LogP contribution in [0.4, 0.5) is 14.6 Å². The fourth-order valence-electron chi connectivity index (χ4n) is 8.68. The molecule has 0 bridgehead atoms. The van der Waals surface area contributed by atoms with Gasteiger partial charge in [-0.1, -0.05) is 72.2 Å². The average molecular weight is 717 g/mol. The van der Waals surface area contributed by atoms with Crippen molar-refractivity contribution in [1.29, 1.82) is 0 Å². The first-order chi connectivity index (χ1) is 23.9. The van der Waals surface area contributed by atoms with Crippen molar-refractivity contribution in [2.24, 2.45) is 0 Å². The predicted molar refractivity (Wildman–Crippen MR) is 205 cm³/mol. The highest BCUT2D eigenvalue weighted by Crippen LogP contribution is 2.46. The summed E-state index contributed by atoms with van der Waals surface area (Å²) in [5, 5.41) is 2.44. The van der Waals surface area contributed by atoms with Crippen molar-refractivity contribution in [1.82, 2.24) is 15.0 Å². The van der Waals surface area contributed by atoms with Crippen LogP contribution in [0, 0.1) is 23.1 Å². The van der Waals surface area contributed by atoms with Gasteiger partial charge in [-0.2, -0.15) is 0 Å². The Bertz CT molecular complexity index is 1970. The van der Waals surface area contributed by atoms with E-state index in [1.165, 1.54) is 17.8 Å². The van der Waals surface area contributed by atoms with E-state index in [1.807, 2.05) is 13.0 Å². The van der Waals surface area contributed by atoms with Crippen molar-refractivity contribution >= 4 is 47.3 Å². The molecule has 50 heavy (non-hydrogen) atoms. The third-order valence-corrected chi connectivity index (χ3v) is 18.2. The highest BCUT2D eigenvalue weighted by Gasteiger charge is 2.42. The van der Waals surface area contributed by atoms with Crippen LogP contribution in [0.2, 0.25) is 16.6 Å². The van der Waals surface area contributed by atoms with Crippen LogP contribution in [-0.4, -0.2) is 54.8 Å². The summed E-state index contributed by atoms with van der Waals surface area (Å²) in [6.07, 6.45) is 4.76. The van der Waals surface area contributed by atoms with Crippen LogP contribution in [0.25, 0.3) is 32.9 Å². The fourth-order valence-corrected chi connectivity index (χ4v) is 14.5. The lowest BCUT2D eigenvalue weighted by atomic mass is 9.85. The monoisotopic (exact) mass is 716 g/mol. The predicted octanol–water partition coefficient (Wildman–Crippen LogP) is 10.5. The van der Waals surface area contributed by atoms with Gasteiger partial charge in [0.2, 0.25) is 0 Å². The van der Waals surface area contributed by atoms with Crippen LogP contribution in [0.15, 0.2) is 29.4 Å². The van der Waals surface area contributed by atoms with Gasteiger partial charge in [0.1, 0.15) is 36.7 Å². The first-order valence-corrected chi connectivity index (χ1v) is 21.3. The fraction of sp³-hybridized carbons (Fsp3) is 0.525. The molecule has 1 saturated heterocycles. The van der Waals surface area contributed by atoms with Gasteiger partial charge in [0.25, 0.3) is 0 Å². The molecule has 2 aliphatic heterocycles. The number of aromatic nitrogens is 3. The standard InChI is InChI=1S/C40H50F2N4O2SSi/c1-10-49-39-44-37-34-32(15-18-40(8)17-11-12-19-46(40)38(34)45-39)43-36(35(37)42)30-22-28(48-23-47-9)21-27-13-14-31(41)29(33(27)30)16-20-50(24(2)3,25(4)5)26(6)7/h13-14,21-22,24-26H,10-12,15,17-19,23H2,1-9H3. The molecule has 0 N–H and O–H groups in total. The zero-order valence-electron chi connectivity index (χ0n) is 31.0. The molecule has 1 atom stereocenters. The second-order valence-corrected chi connectivity index (χ2v) is 21.8. The zero-order chi connectivity index (χ0) is 36.0. The van der Waals surface area contributed by atoms with Gasteiger partial charge in [-0.05, 0) is 85.0 Å². The lowest BCUT2D eigenvalue weighted by molar-refractivity contribution is 0.0512. The summed E-state index contributed by atoms with van der Waals surface area (Å²) in [5.41, 5.74) is 6.52. The van der Waals surface area contributed by atoms with Crippen molar-refractivity contribution < 1.29 is 18.3 Å². The summed E-state index contributed by atoms with van der Waals surface area (Å²) >= 11 is 1.51. The van der Waals surface area contributed by atoms with Crippen LogP contribution in [0.3, 0.4) is 0 Å². The molecule has 10 heteroatoms. The van der Waals surface area contributed by atoms with Gasteiger partial charge >= 0.3 is 0 Å². The van der Waals surface area contributed by atoms with Crippen molar-refractivity contribution in [2.45, 2.75) is 115 Å². The maximum absolute atomic E-state index is 17.4. The Morgan fingerprint density at radius 2 is 1.72 bits per heavy atom. The Morgan fingerprint density at radius 3 is 2.40 bits per heavy atom. The number of aryl methyl sites for hydroxylation is 1. The van der Waals surface area contributed by atoms with Crippen LogP contribution in [-0.2, 0) is 11.2 Å². The number of halogens is 2. The molecule has 266 valence electrons. The van der Waals surface area contributed by atoms with E-state index in [0.717, 1.165) is 49.5 Å². The normalized spacial score (nSPS) is 17.8. The molecule has 6 rings (SSSR count). The Morgan fingerprint density at radius 1 is 0.980 bits per heavy atom. The molecule has 6 nitrogen and oxygen atoms in total. The molecular weight excluding hydrogens is 667 g/mol. The molecule has 0 aliphatic carbocycles. The molecule has 1 fully saturated rings. The SMILES string of the molecule is CCSc1nc2c3c(nc(-c4cc(OCOC)cc5ccc(F)c(C#C[Si](C(C)C)(C(C)C)C(C)C)c45)c(F)c3n1)CCC1(C)CCCCN21. The minimum atomic E-state index is -2.23. The second-order valence-electron chi connectivity index (χ2n) is 15.0. The Hall–Kier alpha value is -3.26. The average Bonchev–Trinajstić information content (AvgIpc) is 3.19. The number of hydrogen-bond donors (Lipinski definition) is 0. The van der Waals surface area contributed by atoms with E-state index in [2.05, 4.69) is 64.8 Å². The molecule has 4 aromatic rings. The molecule has 0 saturated carbocycles. The number of thioether (sulfide) groups is 1. The minimum absolute atomic E-state index is 0.00553. The van der Waals surface area contributed by atoms with E-state index in [9.17, 15) is 0 Å². The Kier molecular flexibility index (Phi) is 10.5. The number of methoxy groups -OCH3 is 1. The molecule has 2 aromatic heterocycles. The van der Waals surface area contributed by atoms with Gasteiger partial charge in [0.05, 0.1) is 16.6 Å². The van der Waals surface area contributed by atoms with Gasteiger partial charge in [-0.3, -0.25) is 0 Å². The second kappa shape index (κ2) is 14.4. The van der Waals surface area contributed by atoms with Crippen LogP contribution in [0.5, 0.6) is 5.75 Å². The highest BCUT2D eigenvalue weighted by atomic mass is 32.2. The molecule has 2 aromatic carbocycles. The van der Waals surface area contributed by atoms with Crippen molar-refractivity contribution in [3.63, 3.8) is 0 Å². The molecule has 2 aliphatic rings. The summed E-state index contributed by atoms with van der Waals surface area (Å²) in [6, 6.07) is 6.74. The number of piperidine rings is 1. The number of fused-ring (bicyclic) bond motifs is 3.